The van der Waals surface area contributed by atoms with Gasteiger partial charge in [-0.05, 0) is 49.8 Å². The highest BCUT2D eigenvalue weighted by atomic mass is 19.1. The molecule has 2 aliphatic rings. The lowest BCUT2D eigenvalue weighted by Crippen LogP contribution is -2.34. The number of fused-ring (bicyclic) bond motifs is 1. The summed E-state index contributed by atoms with van der Waals surface area (Å²) in [6, 6.07) is 6.04. The molecule has 0 atom stereocenters. The summed E-state index contributed by atoms with van der Waals surface area (Å²) in [5.74, 6) is -0.254. The molecule has 2 aromatic rings. The van der Waals surface area contributed by atoms with E-state index in [2.05, 4.69) is 10.3 Å². The summed E-state index contributed by atoms with van der Waals surface area (Å²) in [6.07, 6.45) is 7.07. The smallest absolute Gasteiger partial charge is 0.289 e. The van der Waals surface area contributed by atoms with Crippen LogP contribution in [0.3, 0.4) is 0 Å². The summed E-state index contributed by atoms with van der Waals surface area (Å²) < 4.78 is 15.0. The first-order chi connectivity index (χ1) is 14.1. The Bertz CT molecular complexity index is 883. The lowest BCUT2D eigenvalue weighted by atomic mass is 10.1. The fourth-order valence-corrected chi connectivity index (χ4v) is 4.17. The molecular formula is C22H27FN4O2. The number of nitrogens with one attached hydrogen (secondary N) is 1. The predicted octanol–water partition coefficient (Wildman–Crippen LogP) is 3.30. The Hall–Kier alpha value is -2.70. The number of carbonyl (C=O) groups is 2. The zero-order chi connectivity index (χ0) is 20.2. The largest absolute Gasteiger partial charge is 0.347 e. The summed E-state index contributed by atoms with van der Waals surface area (Å²) in [5.41, 5.74) is 2.02. The number of imidazole rings is 1. The van der Waals surface area contributed by atoms with Gasteiger partial charge in [-0.15, -0.1) is 0 Å². The number of aromatic nitrogens is 2. The predicted molar refractivity (Wildman–Crippen MR) is 107 cm³/mol. The second-order valence-corrected chi connectivity index (χ2v) is 7.86. The van der Waals surface area contributed by atoms with E-state index in [4.69, 9.17) is 0 Å². The first-order valence-electron chi connectivity index (χ1n) is 10.5. The van der Waals surface area contributed by atoms with Gasteiger partial charge in [0.05, 0.1) is 5.69 Å². The van der Waals surface area contributed by atoms with Gasteiger partial charge in [-0.2, -0.15) is 0 Å². The molecule has 1 N–H and O–H groups in total. The fraction of sp³-hybridized carbons (Fsp3) is 0.500. The van der Waals surface area contributed by atoms with Crippen LogP contribution in [0.5, 0.6) is 0 Å². The van der Waals surface area contributed by atoms with Crippen LogP contribution in [0.2, 0.25) is 0 Å². The molecule has 0 spiro atoms. The number of hydrogen-bond acceptors (Lipinski definition) is 3. The SMILES string of the molecule is O=C(NCc1ccc(F)cc1)c1nc(C(=O)N2CCCCCC2)n2c1CCCC2. The Morgan fingerprint density at radius 1 is 0.966 bits per heavy atom. The molecule has 2 amide bonds. The molecule has 6 nitrogen and oxygen atoms in total. The van der Waals surface area contributed by atoms with Crippen molar-refractivity contribution >= 4 is 11.8 Å². The van der Waals surface area contributed by atoms with Crippen LogP contribution in [0.15, 0.2) is 24.3 Å². The number of halogens is 1. The zero-order valence-electron chi connectivity index (χ0n) is 16.6. The molecule has 0 saturated carbocycles. The average molecular weight is 398 g/mol. The third-order valence-electron chi connectivity index (χ3n) is 5.78. The molecule has 0 aliphatic carbocycles. The molecule has 0 bridgehead atoms. The lowest BCUT2D eigenvalue weighted by Gasteiger charge is -2.22. The number of amides is 2. The van der Waals surface area contributed by atoms with Crippen LogP contribution in [-0.2, 0) is 19.5 Å². The van der Waals surface area contributed by atoms with Crippen molar-refractivity contribution < 1.29 is 14.0 Å². The van der Waals surface area contributed by atoms with E-state index in [-0.39, 0.29) is 17.6 Å². The molecule has 1 fully saturated rings. The van der Waals surface area contributed by atoms with Gasteiger partial charge in [-0.1, -0.05) is 25.0 Å². The van der Waals surface area contributed by atoms with Crippen molar-refractivity contribution in [1.82, 2.24) is 19.8 Å². The molecule has 1 aromatic carbocycles. The molecule has 154 valence electrons. The third kappa shape index (κ3) is 4.33. The maximum absolute atomic E-state index is 13.1. The van der Waals surface area contributed by atoms with E-state index in [1.807, 2.05) is 9.47 Å². The highest BCUT2D eigenvalue weighted by molar-refractivity contribution is 5.97. The standard InChI is InChI=1S/C22H27FN4O2/c23-17-10-8-16(9-11-17)15-24-21(28)19-18-7-3-6-14-27(18)20(25-19)22(29)26-12-4-1-2-5-13-26/h8-11H,1-7,12-15H2,(H,24,28). The van der Waals surface area contributed by atoms with E-state index in [1.54, 1.807) is 12.1 Å². The summed E-state index contributed by atoms with van der Waals surface area (Å²) in [7, 11) is 0. The van der Waals surface area contributed by atoms with Crippen LogP contribution >= 0.6 is 0 Å². The summed E-state index contributed by atoms with van der Waals surface area (Å²) in [4.78, 5) is 32.4. The van der Waals surface area contributed by atoms with Gasteiger partial charge in [0, 0.05) is 26.2 Å². The van der Waals surface area contributed by atoms with Gasteiger partial charge < -0.3 is 14.8 Å². The Labute approximate surface area is 170 Å². The number of carbonyl (C=O) groups excluding carboxylic acids is 2. The van der Waals surface area contributed by atoms with Crippen molar-refractivity contribution in [2.75, 3.05) is 13.1 Å². The van der Waals surface area contributed by atoms with Crippen LogP contribution in [0, 0.1) is 5.82 Å². The van der Waals surface area contributed by atoms with E-state index in [1.165, 1.54) is 12.1 Å². The molecule has 2 aliphatic heterocycles. The minimum Gasteiger partial charge on any atom is -0.347 e. The fourth-order valence-electron chi connectivity index (χ4n) is 4.17. The van der Waals surface area contributed by atoms with E-state index in [9.17, 15) is 14.0 Å². The summed E-state index contributed by atoms with van der Waals surface area (Å²) >= 11 is 0. The van der Waals surface area contributed by atoms with Gasteiger partial charge in [-0.3, -0.25) is 9.59 Å². The first-order valence-corrected chi connectivity index (χ1v) is 10.5. The quantitative estimate of drug-likeness (QED) is 0.859. The average Bonchev–Trinajstić information content (AvgIpc) is 2.92. The van der Waals surface area contributed by atoms with E-state index < -0.39 is 0 Å². The van der Waals surface area contributed by atoms with Crippen molar-refractivity contribution in [1.29, 1.82) is 0 Å². The number of likely N-dealkylation sites (tertiary alicyclic amines) is 1. The van der Waals surface area contributed by atoms with Gasteiger partial charge in [0.2, 0.25) is 0 Å². The Balaban J connectivity index is 1.54. The highest BCUT2D eigenvalue weighted by Gasteiger charge is 2.30. The summed E-state index contributed by atoms with van der Waals surface area (Å²) in [5, 5.41) is 2.86. The Morgan fingerprint density at radius 2 is 1.66 bits per heavy atom. The van der Waals surface area contributed by atoms with Crippen LogP contribution < -0.4 is 5.32 Å². The molecule has 3 heterocycles. The minimum atomic E-state index is -0.306. The van der Waals surface area contributed by atoms with Crippen LogP contribution in [-0.4, -0.2) is 39.4 Å². The second kappa shape index (κ2) is 8.76. The van der Waals surface area contributed by atoms with Crippen molar-refractivity contribution in [2.45, 2.75) is 58.0 Å². The first kappa shape index (κ1) is 19.6. The minimum absolute atomic E-state index is 0.0624. The number of benzene rings is 1. The number of nitrogens with zero attached hydrogens (tertiary/aromatic N) is 3. The Kier molecular flexibility index (Phi) is 5.92. The second-order valence-electron chi connectivity index (χ2n) is 7.86. The Morgan fingerprint density at radius 3 is 2.38 bits per heavy atom. The number of rotatable bonds is 4. The van der Waals surface area contributed by atoms with Crippen molar-refractivity contribution in [3.05, 3.63) is 52.9 Å². The molecular weight excluding hydrogens is 371 g/mol. The van der Waals surface area contributed by atoms with Crippen LogP contribution in [0.25, 0.3) is 0 Å². The highest BCUT2D eigenvalue weighted by Crippen LogP contribution is 2.23. The normalized spacial score (nSPS) is 16.8. The van der Waals surface area contributed by atoms with Gasteiger partial charge in [-0.25, -0.2) is 9.37 Å². The van der Waals surface area contributed by atoms with E-state index in [0.717, 1.165) is 75.8 Å². The molecule has 0 unspecified atom stereocenters. The third-order valence-corrected chi connectivity index (χ3v) is 5.78. The maximum Gasteiger partial charge on any atom is 0.289 e. The van der Waals surface area contributed by atoms with Gasteiger partial charge >= 0.3 is 0 Å². The van der Waals surface area contributed by atoms with Crippen molar-refractivity contribution in [2.24, 2.45) is 0 Å². The molecule has 4 rings (SSSR count). The van der Waals surface area contributed by atoms with Gasteiger partial charge in [0.1, 0.15) is 11.5 Å². The zero-order valence-corrected chi connectivity index (χ0v) is 16.6. The van der Waals surface area contributed by atoms with E-state index in [0.29, 0.717) is 18.1 Å². The van der Waals surface area contributed by atoms with Gasteiger partial charge in [0.25, 0.3) is 11.8 Å². The molecule has 0 radical (unpaired) electrons. The van der Waals surface area contributed by atoms with Crippen molar-refractivity contribution in [3.63, 3.8) is 0 Å². The van der Waals surface area contributed by atoms with E-state index >= 15 is 0 Å². The molecule has 29 heavy (non-hydrogen) atoms. The number of hydrogen-bond donors (Lipinski definition) is 1. The molecule has 1 aromatic heterocycles. The van der Waals surface area contributed by atoms with Crippen LogP contribution in [0.4, 0.5) is 4.39 Å². The molecule has 7 heteroatoms. The molecule has 1 saturated heterocycles. The van der Waals surface area contributed by atoms with Gasteiger partial charge in [0.15, 0.2) is 5.82 Å². The summed E-state index contributed by atoms with van der Waals surface area (Å²) in [6.45, 7) is 2.53. The maximum atomic E-state index is 13.1. The topological polar surface area (TPSA) is 67.2 Å². The lowest BCUT2D eigenvalue weighted by molar-refractivity contribution is 0.0743. The van der Waals surface area contributed by atoms with Crippen LogP contribution in [0.1, 0.15) is 70.9 Å². The van der Waals surface area contributed by atoms with Crippen molar-refractivity contribution in [3.8, 4) is 0 Å². The monoisotopic (exact) mass is 398 g/mol.